The van der Waals surface area contributed by atoms with Crippen LogP contribution in [0.2, 0.25) is 0 Å². The number of aromatic nitrogens is 1. The van der Waals surface area contributed by atoms with E-state index in [1.54, 1.807) is 0 Å². The van der Waals surface area contributed by atoms with Crippen LogP contribution in [0.1, 0.15) is 64.7 Å². The minimum absolute atomic E-state index is 0.0689. The summed E-state index contributed by atoms with van der Waals surface area (Å²) in [6.45, 7) is 2.18. The van der Waals surface area contributed by atoms with Gasteiger partial charge in [0.25, 0.3) is 0 Å². The average molecular weight is 308 g/mol. The van der Waals surface area contributed by atoms with Crippen LogP contribution in [0.15, 0.2) is 18.3 Å². The predicted octanol–water partition coefficient (Wildman–Crippen LogP) is 4.26. The second kappa shape index (κ2) is 10.9. The van der Waals surface area contributed by atoms with Gasteiger partial charge in [-0.1, -0.05) is 45.4 Å². The van der Waals surface area contributed by atoms with E-state index >= 15 is 0 Å². The van der Waals surface area contributed by atoms with E-state index in [1.165, 1.54) is 37.9 Å². The Labute approximate surface area is 131 Å². The molecule has 1 N–H and O–H groups in total. The number of nitrogens with one attached hydrogen (secondary N) is 1. The first-order valence-corrected chi connectivity index (χ1v) is 8.05. The number of halogens is 1. The van der Waals surface area contributed by atoms with Gasteiger partial charge in [0.1, 0.15) is 5.78 Å². The van der Waals surface area contributed by atoms with Gasteiger partial charge in [-0.05, 0) is 12.5 Å². The Bertz CT molecular complexity index is 477. The molecular weight excluding hydrogens is 283 g/mol. The first kappa shape index (κ1) is 18.3. The van der Waals surface area contributed by atoms with Gasteiger partial charge in [-0.15, -0.1) is 0 Å². The number of pyridine rings is 1. The minimum Gasteiger partial charge on any atom is -0.325 e. The molecule has 0 aliphatic rings. The maximum Gasteiger partial charge on any atom is 0.231 e. The first-order chi connectivity index (χ1) is 10.6. The van der Waals surface area contributed by atoms with E-state index in [4.69, 9.17) is 0 Å². The van der Waals surface area contributed by atoms with Crippen LogP contribution >= 0.6 is 0 Å². The third-order valence-electron chi connectivity index (χ3n) is 3.43. The lowest BCUT2D eigenvalue weighted by molar-refractivity contribution is -0.125. The average Bonchev–Trinajstić information content (AvgIpc) is 2.46. The molecule has 0 radical (unpaired) electrons. The number of Topliss-reactive ketones (excluding diaryl/α,β-unsaturated/α-hetero) is 1. The lowest BCUT2D eigenvalue weighted by atomic mass is 10.1. The summed E-state index contributed by atoms with van der Waals surface area (Å²) in [5, 5.41) is 2.50. The highest BCUT2D eigenvalue weighted by Crippen LogP contribution is 2.10. The van der Waals surface area contributed by atoms with Gasteiger partial charge in [0.05, 0.1) is 6.42 Å². The highest BCUT2D eigenvalue weighted by molar-refractivity contribution is 6.04. The zero-order valence-electron chi connectivity index (χ0n) is 13.2. The van der Waals surface area contributed by atoms with Crippen LogP contribution in [0.5, 0.6) is 0 Å². The Morgan fingerprint density at radius 3 is 2.50 bits per heavy atom. The predicted molar refractivity (Wildman–Crippen MR) is 85.1 cm³/mol. The molecule has 5 heteroatoms. The number of anilines is 1. The van der Waals surface area contributed by atoms with Crippen LogP contribution in [0.3, 0.4) is 0 Å². The standard InChI is InChI=1S/C17H25FN2O2/c1-2-3-4-5-6-7-8-9-15(21)13-17(22)20-14-10-11-19-16(18)12-14/h10-12H,2-9,13H2,1H3,(H,19,20,22). The van der Waals surface area contributed by atoms with E-state index in [2.05, 4.69) is 17.2 Å². The van der Waals surface area contributed by atoms with Crippen LogP contribution < -0.4 is 5.32 Å². The maximum absolute atomic E-state index is 12.9. The molecule has 0 spiro atoms. The van der Waals surface area contributed by atoms with Crippen molar-refractivity contribution >= 4 is 17.4 Å². The van der Waals surface area contributed by atoms with E-state index in [1.807, 2.05) is 0 Å². The highest BCUT2D eigenvalue weighted by atomic mass is 19.1. The fraction of sp³-hybridized carbons (Fsp3) is 0.588. The largest absolute Gasteiger partial charge is 0.325 e. The molecule has 1 rings (SSSR count). The van der Waals surface area contributed by atoms with Crippen LogP contribution in [-0.2, 0) is 9.59 Å². The van der Waals surface area contributed by atoms with Crippen molar-refractivity contribution in [1.82, 2.24) is 4.98 Å². The van der Waals surface area contributed by atoms with Crippen molar-refractivity contribution < 1.29 is 14.0 Å². The molecule has 0 aliphatic carbocycles. The summed E-state index contributed by atoms with van der Waals surface area (Å²) in [6, 6.07) is 2.61. The van der Waals surface area contributed by atoms with Gasteiger partial charge in [-0.2, -0.15) is 4.39 Å². The lowest BCUT2D eigenvalue weighted by Gasteiger charge is -2.05. The normalized spacial score (nSPS) is 10.5. The van der Waals surface area contributed by atoms with Gasteiger partial charge >= 0.3 is 0 Å². The quantitative estimate of drug-likeness (QED) is 0.377. The molecule has 0 aliphatic heterocycles. The third kappa shape index (κ3) is 8.49. The van der Waals surface area contributed by atoms with Crippen molar-refractivity contribution in [1.29, 1.82) is 0 Å². The fourth-order valence-corrected chi connectivity index (χ4v) is 2.23. The number of rotatable bonds is 11. The molecule has 0 aromatic carbocycles. The number of carbonyl (C=O) groups is 2. The second-order valence-electron chi connectivity index (χ2n) is 5.50. The summed E-state index contributed by atoms with van der Waals surface area (Å²) in [5.41, 5.74) is 0.321. The number of ketones is 1. The Kier molecular flexibility index (Phi) is 9.03. The second-order valence-corrected chi connectivity index (χ2v) is 5.50. The number of carbonyl (C=O) groups excluding carboxylic acids is 2. The zero-order valence-corrected chi connectivity index (χ0v) is 13.2. The third-order valence-corrected chi connectivity index (χ3v) is 3.43. The SMILES string of the molecule is CCCCCCCCCC(=O)CC(=O)Nc1ccnc(F)c1. The van der Waals surface area contributed by atoms with Crippen molar-refractivity contribution in [3.05, 3.63) is 24.3 Å². The van der Waals surface area contributed by atoms with E-state index in [0.29, 0.717) is 12.1 Å². The smallest absolute Gasteiger partial charge is 0.231 e. The van der Waals surface area contributed by atoms with Gasteiger partial charge < -0.3 is 5.32 Å². The molecule has 0 bridgehead atoms. The topological polar surface area (TPSA) is 59.1 Å². The molecule has 1 aromatic rings. The summed E-state index contributed by atoms with van der Waals surface area (Å²) in [7, 11) is 0. The van der Waals surface area contributed by atoms with Crippen LogP contribution in [0, 0.1) is 5.95 Å². The van der Waals surface area contributed by atoms with Crippen molar-refractivity contribution in [2.24, 2.45) is 0 Å². The molecule has 0 atom stereocenters. The summed E-state index contributed by atoms with van der Waals surface area (Å²) in [4.78, 5) is 26.8. The minimum atomic E-state index is -0.660. The van der Waals surface area contributed by atoms with E-state index in [9.17, 15) is 14.0 Å². The molecule has 22 heavy (non-hydrogen) atoms. The van der Waals surface area contributed by atoms with Crippen molar-refractivity contribution in [2.75, 3.05) is 5.32 Å². The molecule has 0 saturated carbocycles. The molecular formula is C17H25FN2O2. The summed E-state index contributed by atoms with van der Waals surface area (Å²) < 4.78 is 12.9. The Hall–Kier alpha value is -1.78. The number of hydrogen-bond acceptors (Lipinski definition) is 3. The van der Waals surface area contributed by atoms with Gasteiger partial charge in [-0.3, -0.25) is 9.59 Å². The molecule has 1 aromatic heterocycles. The highest BCUT2D eigenvalue weighted by Gasteiger charge is 2.10. The van der Waals surface area contributed by atoms with Crippen LogP contribution in [-0.4, -0.2) is 16.7 Å². The monoisotopic (exact) mass is 308 g/mol. The molecule has 1 amide bonds. The zero-order chi connectivity index (χ0) is 16.2. The fourth-order valence-electron chi connectivity index (χ4n) is 2.23. The lowest BCUT2D eigenvalue weighted by Crippen LogP contribution is -2.16. The van der Waals surface area contributed by atoms with Crippen LogP contribution in [0.25, 0.3) is 0 Å². The first-order valence-electron chi connectivity index (χ1n) is 8.05. The molecule has 0 unspecified atom stereocenters. The Morgan fingerprint density at radius 2 is 1.82 bits per heavy atom. The molecule has 1 heterocycles. The number of nitrogens with zero attached hydrogens (tertiary/aromatic N) is 1. The van der Waals surface area contributed by atoms with E-state index < -0.39 is 11.9 Å². The molecule has 122 valence electrons. The van der Waals surface area contributed by atoms with Crippen LogP contribution in [0.4, 0.5) is 10.1 Å². The van der Waals surface area contributed by atoms with E-state index in [-0.39, 0.29) is 12.2 Å². The number of amides is 1. The van der Waals surface area contributed by atoms with Gasteiger partial charge in [0, 0.05) is 24.4 Å². The summed E-state index contributed by atoms with van der Waals surface area (Å²) >= 11 is 0. The van der Waals surface area contributed by atoms with Gasteiger partial charge in [0.15, 0.2) is 0 Å². The van der Waals surface area contributed by atoms with E-state index in [0.717, 1.165) is 25.3 Å². The van der Waals surface area contributed by atoms with Gasteiger partial charge in [-0.25, -0.2) is 4.98 Å². The molecule has 0 saturated heterocycles. The summed E-state index contributed by atoms with van der Waals surface area (Å²) in [6.07, 6.45) is 9.55. The van der Waals surface area contributed by atoms with Crippen molar-refractivity contribution in [2.45, 2.75) is 64.7 Å². The Balaban J connectivity index is 2.12. The summed E-state index contributed by atoms with van der Waals surface area (Å²) in [5.74, 6) is -1.13. The number of unbranched alkanes of at least 4 members (excludes halogenated alkanes) is 6. The maximum atomic E-state index is 12.9. The molecule has 4 nitrogen and oxygen atoms in total. The van der Waals surface area contributed by atoms with Gasteiger partial charge in [0.2, 0.25) is 11.9 Å². The molecule has 0 fully saturated rings. The number of hydrogen-bond donors (Lipinski definition) is 1. The van der Waals surface area contributed by atoms with Crippen molar-refractivity contribution in [3.8, 4) is 0 Å². The Morgan fingerprint density at radius 1 is 1.14 bits per heavy atom. The van der Waals surface area contributed by atoms with Crippen molar-refractivity contribution in [3.63, 3.8) is 0 Å².